The van der Waals surface area contributed by atoms with Gasteiger partial charge in [-0.2, -0.15) is 0 Å². The van der Waals surface area contributed by atoms with Gasteiger partial charge in [-0.3, -0.25) is 4.79 Å². The molecular formula is C22H33ClN2O3. The van der Waals surface area contributed by atoms with Gasteiger partial charge in [0.1, 0.15) is 11.6 Å². The Balaban J connectivity index is 2.01. The quantitative estimate of drug-likeness (QED) is 0.766. The number of hydrogen-bond donors (Lipinski definition) is 1. The predicted octanol–water partition coefficient (Wildman–Crippen LogP) is 4.99. The molecule has 28 heavy (non-hydrogen) atoms. The first-order chi connectivity index (χ1) is 12.9. The van der Waals surface area contributed by atoms with Crippen LogP contribution in [0.15, 0.2) is 24.3 Å². The van der Waals surface area contributed by atoms with Crippen molar-refractivity contribution < 1.29 is 14.3 Å². The van der Waals surface area contributed by atoms with E-state index in [0.29, 0.717) is 19.0 Å². The lowest BCUT2D eigenvalue weighted by Crippen LogP contribution is -2.56. The van der Waals surface area contributed by atoms with E-state index in [2.05, 4.69) is 17.4 Å². The fourth-order valence-corrected chi connectivity index (χ4v) is 3.55. The summed E-state index contributed by atoms with van der Waals surface area (Å²) >= 11 is 5.98. The van der Waals surface area contributed by atoms with Gasteiger partial charge in [0.15, 0.2) is 0 Å². The third-order valence-electron chi connectivity index (χ3n) is 4.92. The van der Waals surface area contributed by atoms with Crippen LogP contribution in [0, 0.1) is 5.41 Å². The van der Waals surface area contributed by atoms with E-state index in [-0.39, 0.29) is 5.91 Å². The molecule has 1 aromatic rings. The SMILES string of the molecule is CC(C)(C)OC(=O)NC(C(=O)N1CCC(c2ccc(Cl)cc2)CC1)C(C)(C)C. The smallest absolute Gasteiger partial charge is 0.408 e. The Morgan fingerprint density at radius 1 is 1.07 bits per heavy atom. The average Bonchev–Trinajstić information content (AvgIpc) is 2.57. The van der Waals surface area contributed by atoms with Gasteiger partial charge in [0, 0.05) is 18.1 Å². The van der Waals surface area contributed by atoms with Crippen molar-refractivity contribution in [2.24, 2.45) is 5.41 Å². The van der Waals surface area contributed by atoms with Crippen molar-refractivity contribution in [1.29, 1.82) is 0 Å². The molecule has 2 amide bonds. The Morgan fingerprint density at radius 2 is 1.61 bits per heavy atom. The number of carbonyl (C=O) groups is 2. The van der Waals surface area contributed by atoms with Gasteiger partial charge >= 0.3 is 6.09 Å². The van der Waals surface area contributed by atoms with Crippen molar-refractivity contribution in [1.82, 2.24) is 10.2 Å². The van der Waals surface area contributed by atoms with Gasteiger partial charge in [0.25, 0.3) is 0 Å². The molecule has 0 bridgehead atoms. The van der Waals surface area contributed by atoms with E-state index >= 15 is 0 Å². The lowest BCUT2D eigenvalue weighted by atomic mass is 9.84. The molecule has 1 aliphatic rings. The second-order valence-electron chi connectivity index (χ2n) is 9.60. The van der Waals surface area contributed by atoms with Crippen LogP contribution < -0.4 is 5.32 Å². The predicted molar refractivity (Wildman–Crippen MR) is 113 cm³/mol. The zero-order chi connectivity index (χ0) is 21.1. The number of benzene rings is 1. The van der Waals surface area contributed by atoms with Crippen LogP contribution in [0.4, 0.5) is 4.79 Å². The van der Waals surface area contributed by atoms with Gasteiger partial charge in [-0.1, -0.05) is 44.5 Å². The minimum Gasteiger partial charge on any atom is -0.444 e. The molecule has 1 saturated heterocycles. The van der Waals surface area contributed by atoms with E-state index in [1.54, 1.807) is 0 Å². The van der Waals surface area contributed by atoms with Gasteiger partial charge in [-0.15, -0.1) is 0 Å². The van der Waals surface area contributed by atoms with Gasteiger partial charge in [0.05, 0.1) is 0 Å². The minimum atomic E-state index is -0.630. The Kier molecular flexibility index (Phi) is 7.02. The molecule has 156 valence electrons. The van der Waals surface area contributed by atoms with Crippen LogP contribution in [-0.4, -0.2) is 41.6 Å². The Labute approximate surface area is 173 Å². The molecule has 0 aliphatic carbocycles. The Bertz CT molecular complexity index is 681. The number of nitrogens with zero attached hydrogens (tertiary/aromatic N) is 1. The van der Waals surface area contributed by atoms with Gasteiger partial charge in [-0.05, 0) is 62.6 Å². The highest BCUT2D eigenvalue weighted by Gasteiger charge is 2.38. The number of ether oxygens (including phenoxy) is 1. The fraction of sp³-hybridized carbons (Fsp3) is 0.636. The number of amides is 2. The van der Waals surface area contributed by atoms with Crippen LogP contribution in [0.3, 0.4) is 0 Å². The van der Waals surface area contributed by atoms with Gasteiger partial charge in [-0.25, -0.2) is 4.79 Å². The summed E-state index contributed by atoms with van der Waals surface area (Å²) in [5.74, 6) is 0.376. The highest BCUT2D eigenvalue weighted by atomic mass is 35.5. The number of likely N-dealkylation sites (tertiary alicyclic amines) is 1. The summed E-state index contributed by atoms with van der Waals surface area (Å²) in [5.41, 5.74) is 0.240. The first-order valence-electron chi connectivity index (χ1n) is 9.90. The number of carbonyl (C=O) groups excluding carboxylic acids is 2. The Morgan fingerprint density at radius 3 is 2.07 bits per heavy atom. The van der Waals surface area contributed by atoms with Gasteiger partial charge in [0.2, 0.25) is 5.91 Å². The normalized spacial score (nSPS) is 17.2. The van der Waals surface area contributed by atoms with Crippen molar-refractivity contribution in [2.75, 3.05) is 13.1 Å². The molecule has 1 N–H and O–H groups in total. The van der Waals surface area contributed by atoms with E-state index in [0.717, 1.165) is 17.9 Å². The van der Waals surface area contributed by atoms with Crippen LogP contribution in [-0.2, 0) is 9.53 Å². The van der Waals surface area contributed by atoms with Crippen molar-refractivity contribution in [3.8, 4) is 0 Å². The highest BCUT2D eigenvalue weighted by Crippen LogP contribution is 2.30. The topological polar surface area (TPSA) is 58.6 Å². The molecule has 1 fully saturated rings. The summed E-state index contributed by atoms with van der Waals surface area (Å²) in [6.45, 7) is 12.6. The first-order valence-corrected chi connectivity index (χ1v) is 10.3. The molecule has 0 aromatic heterocycles. The molecule has 0 spiro atoms. The van der Waals surface area contributed by atoms with Crippen molar-refractivity contribution >= 4 is 23.6 Å². The van der Waals surface area contributed by atoms with Crippen LogP contribution in [0.25, 0.3) is 0 Å². The molecule has 1 unspecified atom stereocenters. The minimum absolute atomic E-state index is 0.0482. The lowest BCUT2D eigenvalue weighted by Gasteiger charge is -2.38. The average molecular weight is 409 g/mol. The summed E-state index contributed by atoms with van der Waals surface area (Å²) in [5, 5.41) is 3.53. The van der Waals surface area contributed by atoms with E-state index in [9.17, 15) is 9.59 Å². The summed E-state index contributed by atoms with van der Waals surface area (Å²) in [6, 6.07) is 7.32. The summed E-state index contributed by atoms with van der Waals surface area (Å²) < 4.78 is 5.35. The maximum atomic E-state index is 13.2. The van der Waals surface area contributed by atoms with Crippen molar-refractivity contribution in [2.45, 2.75) is 71.9 Å². The largest absolute Gasteiger partial charge is 0.444 e. The third-order valence-corrected chi connectivity index (χ3v) is 5.17. The van der Waals surface area contributed by atoms with Gasteiger partial charge < -0.3 is 15.0 Å². The van der Waals surface area contributed by atoms with Crippen LogP contribution in [0.2, 0.25) is 5.02 Å². The van der Waals surface area contributed by atoms with Crippen LogP contribution >= 0.6 is 11.6 Å². The fourth-order valence-electron chi connectivity index (χ4n) is 3.42. The van der Waals surface area contributed by atoms with Crippen molar-refractivity contribution in [3.63, 3.8) is 0 Å². The summed E-state index contributed by atoms with van der Waals surface area (Å²) in [4.78, 5) is 27.3. The first kappa shape index (κ1) is 22.5. The molecule has 0 saturated carbocycles. The number of hydrogen-bond acceptors (Lipinski definition) is 3. The van der Waals surface area contributed by atoms with E-state index in [1.165, 1.54) is 5.56 Å². The summed E-state index contributed by atoms with van der Waals surface area (Å²) in [7, 11) is 0. The molecule has 1 aromatic carbocycles. The third kappa shape index (κ3) is 6.40. The number of piperidine rings is 1. The Hall–Kier alpha value is -1.75. The zero-order valence-corrected chi connectivity index (χ0v) is 18.6. The monoisotopic (exact) mass is 408 g/mol. The van der Waals surface area contributed by atoms with E-state index in [1.807, 2.05) is 58.6 Å². The highest BCUT2D eigenvalue weighted by molar-refractivity contribution is 6.30. The second kappa shape index (κ2) is 8.73. The number of rotatable bonds is 3. The molecular weight excluding hydrogens is 376 g/mol. The molecule has 1 heterocycles. The second-order valence-corrected chi connectivity index (χ2v) is 10.0. The van der Waals surface area contributed by atoms with Crippen LogP contribution in [0.5, 0.6) is 0 Å². The molecule has 0 radical (unpaired) electrons. The van der Waals surface area contributed by atoms with E-state index < -0.39 is 23.2 Å². The molecule has 6 heteroatoms. The lowest BCUT2D eigenvalue weighted by molar-refractivity contribution is -0.137. The molecule has 5 nitrogen and oxygen atoms in total. The standard InChI is InChI=1S/C22H33ClN2O3/c1-21(2,3)18(24-20(27)28-22(4,5)6)19(26)25-13-11-16(12-14-25)15-7-9-17(23)10-8-15/h7-10,16,18H,11-14H2,1-6H3,(H,24,27). The number of nitrogens with one attached hydrogen (secondary N) is 1. The maximum absolute atomic E-state index is 13.2. The molecule has 2 rings (SSSR count). The molecule has 1 atom stereocenters. The van der Waals surface area contributed by atoms with Crippen molar-refractivity contribution in [3.05, 3.63) is 34.9 Å². The molecule has 1 aliphatic heterocycles. The zero-order valence-electron chi connectivity index (χ0n) is 17.8. The summed E-state index contributed by atoms with van der Waals surface area (Å²) in [6.07, 6.45) is 1.24. The maximum Gasteiger partial charge on any atom is 0.408 e. The van der Waals surface area contributed by atoms with Crippen LogP contribution in [0.1, 0.15) is 65.9 Å². The van der Waals surface area contributed by atoms with E-state index in [4.69, 9.17) is 16.3 Å². The number of halogens is 1. The number of alkyl carbamates (subject to hydrolysis) is 1.